The fourth-order valence-corrected chi connectivity index (χ4v) is 3.88. The molecule has 0 spiro atoms. The third kappa shape index (κ3) is 11.1. The summed E-state index contributed by atoms with van der Waals surface area (Å²) in [6.45, 7) is 5.85. The quantitative estimate of drug-likeness (QED) is 0.223. The summed E-state index contributed by atoms with van der Waals surface area (Å²) in [5.41, 5.74) is 0. The first-order valence-electron chi connectivity index (χ1n) is 11.8. The molecule has 0 heterocycles. The highest BCUT2D eigenvalue weighted by molar-refractivity contribution is 5.84. The number of Topliss-reactive ketones (excluding diaryl/α,β-unsaturated/α-hetero) is 1. The average molecular weight is 423 g/mol. The molecular formula is C25H42O5. The van der Waals surface area contributed by atoms with E-state index in [-0.39, 0.29) is 36.1 Å². The standard InChI is InChI=1S/C25H42O5/c1-4-5-6-7-10-13-20(26)16-17-22-21(23(27)18-24(22)28)14-11-8-9-12-15-25(29)30-19(2)3/h8,11,16-17,19-22,24,26,28H,4-7,9-10,12-15,18H2,1-3H3/b11-8-,17-16+/t20-,21+,22+,24+/m0/s1. The minimum Gasteiger partial charge on any atom is -0.463 e. The third-order valence-corrected chi connectivity index (χ3v) is 5.57. The van der Waals surface area contributed by atoms with Crippen LogP contribution in [0.1, 0.15) is 91.4 Å². The van der Waals surface area contributed by atoms with E-state index in [1.807, 2.05) is 32.1 Å². The van der Waals surface area contributed by atoms with Crippen molar-refractivity contribution in [3.63, 3.8) is 0 Å². The first-order chi connectivity index (χ1) is 14.3. The lowest BCUT2D eigenvalue weighted by molar-refractivity contribution is -0.147. The van der Waals surface area contributed by atoms with Gasteiger partial charge in [0.05, 0.1) is 18.3 Å². The maximum absolute atomic E-state index is 12.3. The van der Waals surface area contributed by atoms with Gasteiger partial charge in [-0.1, -0.05) is 63.3 Å². The number of aliphatic hydroxyl groups excluding tert-OH is 2. The van der Waals surface area contributed by atoms with Gasteiger partial charge in [-0.3, -0.25) is 9.59 Å². The number of ketones is 1. The van der Waals surface area contributed by atoms with Gasteiger partial charge in [0.25, 0.3) is 0 Å². The second kappa shape index (κ2) is 15.4. The van der Waals surface area contributed by atoms with Crippen LogP contribution in [0.5, 0.6) is 0 Å². The number of esters is 1. The molecule has 0 aromatic heterocycles. The number of aliphatic hydroxyl groups is 2. The molecule has 0 radical (unpaired) electrons. The summed E-state index contributed by atoms with van der Waals surface area (Å²) in [4.78, 5) is 23.8. The summed E-state index contributed by atoms with van der Waals surface area (Å²) < 4.78 is 5.10. The molecule has 4 atom stereocenters. The Balaban J connectivity index is 2.38. The summed E-state index contributed by atoms with van der Waals surface area (Å²) in [6.07, 6.45) is 15.4. The predicted molar refractivity (Wildman–Crippen MR) is 120 cm³/mol. The van der Waals surface area contributed by atoms with E-state index in [2.05, 4.69) is 6.92 Å². The molecule has 1 aliphatic carbocycles. The lowest BCUT2D eigenvalue weighted by atomic mass is 9.90. The Morgan fingerprint density at radius 3 is 2.60 bits per heavy atom. The molecule has 2 N–H and O–H groups in total. The van der Waals surface area contributed by atoms with Crippen molar-refractivity contribution in [2.24, 2.45) is 11.8 Å². The Bertz CT molecular complexity index is 552. The van der Waals surface area contributed by atoms with E-state index < -0.39 is 12.2 Å². The molecule has 0 unspecified atom stereocenters. The molecule has 1 rings (SSSR count). The normalized spacial score (nSPS) is 23.1. The van der Waals surface area contributed by atoms with Crippen LogP contribution in [0.25, 0.3) is 0 Å². The number of hydrogen-bond acceptors (Lipinski definition) is 5. The Morgan fingerprint density at radius 2 is 1.90 bits per heavy atom. The van der Waals surface area contributed by atoms with Gasteiger partial charge in [0, 0.05) is 24.7 Å². The van der Waals surface area contributed by atoms with Crippen LogP contribution in [0.3, 0.4) is 0 Å². The van der Waals surface area contributed by atoms with Gasteiger partial charge in [-0.2, -0.15) is 0 Å². The lowest BCUT2D eigenvalue weighted by Crippen LogP contribution is -2.18. The molecule has 0 bridgehead atoms. The topological polar surface area (TPSA) is 83.8 Å². The van der Waals surface area contributed by atoms with Crippen LogP contribution < -0.4 is 0 Å². The summed E-state index contributed by atoms with van der Waals surface area (Å²) in [7, 11) is 0. The molecule has 1 fully saturated rings. The monoisotopic (exact) mass is 422 g/mol. The highest BCUT2D eigenvalue weighted by Crippen LogP contribution is 2.33. The Hall–Kier alpha value is -1.46. The molecule has 172 valence electrons. The van der Waals surface area contributed by atoms with Gasteiger partial charge in [0.15, 0.2) is 0 Å². The van der Waals surface area contributed by atoms with Gasteiger partial charge in [-0.25, -0.2) is 0 Å². The third-order valence-electron chi connectivity index (χ3n) is 5.57. The van der Waals surface area contributed by atoms with Crippen molar-refractivity contribution in [2.45, 2.75) is 110 Å². The number of unbranched alkanes of at least 4 members (excludes halogenated alkanes) is 5. The van der Waals surface area contributed by atoms with Gasteiger partial charge in [0.2, 0.25) is 0 Å². The van der Waals surface area contributed by atoms with Crippen molar-refractivity contribution in [3.8, 4) is 0 Å². The van der Waals surface area contributed by atoms with Gasteiger partial charge in [0.1, 0.15) is 5.78 Å². The summed E-state index contributed by atoms with van der Waals surface area (Å²) in [5, 5.41) is 20.4. The number of rotatable bonds is 15. The zero-order valence-corrected chi connectivity index (χ0v) is 19.1. The molecule has 1 saturated carbocycles. The lowest BCUT2D eigenvalue weighted by Gasteiger charge is -2.16. The number of hydrogen-bond donors (Lipinski definition) is 2. The molecule has 0 aliphatic heterocycles. The molecule has 30 heavy (non-hydrogen) atoms. The SMILES string of the molecule is CCCCCCC[C@H](O)/C=C/[C@H]1[C@H](O)CC(=O)[C@@H]1C/C=C\CCCC(=O)OC(C)C. The van der Waals surface area contributed by atoms with Gasteiger partial charge in [-0.15, -0.1) is 0 Å². The summed E-state index contributed by atoms with van der Waals surface area (Å²) in [6, 6.07) is 0. The smallest absolute Gasteiger partial charge is 0.306 e. The first-order valence-corrected chi connectivity index (χ1v) is 11.8. The van der Waals surface area contributed by atoms with Crippen molar-refractivity contribution in [2.75, 3.05) is 0 Å². The Kier molecular flexibility index (Phi) is 13.6. The summed E-state index contributed by atoms with van der Waals surface area (Å²) in [5.74, 6) is -0.578. The van der Waals surface area contributed by atoms with E-state index >= 15 is 0 Å². The fourth-order valence-electron chi connectivity index (χ4n) is 3.88. The van der Waals surface area contributed by atoms with Crippen LogP contribution in [0.15, 0.2) is 24.3 Å². The second-order valence-electron chi connectivity index (χ2n) is 8.71. The average Bonchev–Trinajstić information content (AvgIpc) is 2.94. The van der Waals surface area contributed by atoms with Crippen LogP contribution in [0.2, 0.25) is 0 Å². The highest BCUT2D eigenvalue weighted by Gasteiger charge is 2.39. The molecule has 0 aromatic rings. The van der Waals surface area contributed by atoms with E-state index in [1.165, 1.54) is 19.3 Å². The predicted octanol–water partition coefficient (Wildman–Crippen LogP) is 4.90. The van der Waals surface area contributed by atoms with E-state index in [0.29, 0.717) is 12.8 Å². The Morgan fingerprint density at radius 1 is 1.17 bits per heavy atom. The van der Waals surface area contributed by atoms with Gasteiger partial charge >= 0.3 is 5.97 Å². The van der Waals surface area contributed by atoms with Crippen LogP contribution in [0, 0.1) is 11.8 Å². The van der Waals surface area contributed by atoms with Crippen LogP contribution in [0.4, 0.5) is 0 Å². The minimum atomic E-state index is -0.672. The molecule has 0 aromatic carbocycles. The molecule has 5 heteroatoms. The largest absolute Gasteiger partial charge is 0.463 e. The fraction of sp³-hybridized carbons (Fsp3) is 0.760. The van der Waals surface area contributed by atoms with Crippen LogP contribution >= 0.6 is 0 Å². The first kappa shape index (κ1) is 26.6. The molecule has 1 aliphatic rings. The molecule has 5 nitrogen and oxygen atoms in total. The van der Waals surface area contributed by atoms with Crippen molar-refractivity contribution in [3.05, 3.63) is 24.3 Å². The number of allylic oxidation sites excluding steroid dienone is 2. The number of ether oxygens (including phenoxy) is 1. The second-order valence-corrected chi connectivity index (χ2v) is 8.71. The van der Waals surface area contributed by atoms with E-state index in [1.54, 1.807) is 6.08 Å². The van der Waals surface area contributed by atoms with E-state index in [4.69, 9.17) is 4.74 Å². The van der Waals surface area contributed by atoms with Gasteiger partial charge < -0.3 is 14.9 Å². The molecule has 0 saturated heterocycles. The zero-order chi connectivity index (χ0) is 22.4. The van der Waals surface area contributed by atoms with E-state index in [0.717, 1.165) is 32.1 Å². The van der Waals surface area contributed by atoms with Crippen LogP contribution in [-0.2, 0) is 14.3 Å². The minimum absolute atomic E-state index is 0.0800. The van der Waals surface area contributed by atoms with Crippen molar-refractivity contribution in [1.29, 1.82) is 0 Å². The maximum atomic E-state index is 12.3. The summed E-state index contributed by atoms with van der Waals surface area (Å²) >= 11 is 0. The molecule has 0 amide bonds. The van der Waals surface area contributed by atoms with Crippen molar-refractivity contribution in [1.82, 2.24) is 0 Å². The van der Waals surface area contributed by atoms with E-state index in [9.17, 15) is 19.8 Å². The van der Waals surface area contributed by atoms with Crippen LogP contribution in [-0.4, -0.2) is 40.3 Å². The van der Waals surface area contributed by atoms with Gasteiger partial charge in [-0.05, 0) is 39.5 Å². The van der Waals surface area contributed by atoms with Crippen molar-refractivity contribution >= 4 is 11.8 Å². The number of carbonyl (C=O) groups is 2. The zero-order valence-electron chi connectivity index (χ0n) is 19.1. The number of carbonyl (C=O) groups excluding carboxylic acids is 2. The van der Waals surface area contributed by atoms with Crippen molar-refractivity contribution < 1.29 is 24.5 Å². The Labute approximate surface area is 182 Å². The molecular weight excluding hydrogens is 380 g/mol. The maximum Gasteiger partial charge on any atom is 0.306 e. The highest BCUT2D eigenvalue weighted by atomic mass is 16.5.